The molecule has 1 saturated heterocycles. The van der Waals surface area contributed by atoms with Crippen molar-refractivity contribution in [3.05, 3.63) is 0 Å². The van der Waals surface area contributed by atoms with Crippen LogP contribution in [0.25, 0.3) is 0 Å². The van der Waals surface area contributed by atoms with Crippen LogP contribution in [-0.2, 0) is 9.53 Å². The quantitative estimate of drug-likeness (QED) is 0.789. The summed E-state index contributed by atoms with van der Waals surface area (Å²) >= 11 is 0. The lowest BCUT2D eigenvalue weighted by atomic mass is 9.93. The molecule has 1 atom stereocenters. The highest BCUT2D eigenvalue weighted by Crippen LogP contribution is 2.19. The summed E-state index contributed by atoms with van der Waals surface area (Å²) in [5.74, 6) is 0.508. The molecule has 1 heterocycles. The Bertz CT molecular complexity index is 236. The number of hydrogen-bond donors (Lipinski definition) is 1. The van der Waals surface area contributed by atoms with Gasteiger partial charge in [-0.1, -0.05) is 13.8 Å². The van der Waals surface area contributed by atoms with E-state index in [2.05, 4.69) is 13.8 Å². The van der Waals surface area contributed by atoms with Gasteiger partial charge in [0.25, 0.3) is 0 Å². The number of ether oxygens (including phenoxy) is 1. The van der Waals surface area contributed by atoms with Crippen LogP contribution in [0.1, 0.15) is 33.6 Å². The van der Waals surface area contributed by atoms with Gasteiger partial charge in [0.05, 0.1) is 12.0 Å². The Morgan fingerprint density at radius 1 is 1.41 bits per heavy atom. The molecule has 4 nitrogen and oxygen atoms in total. The lowest BCUT2D eigenvalue weighted by molar-refractivity contribution is -0.139. The zero-order valence-corrected chi connectivity index (χ0v) is 11.3. The Balaban J connectivity index is 2.45. The van der Waals surface area contributed by atoms with E-state index in [1.54, 1.807) is 0 Å². The number of nitrogens with zero attached hydrogens (tertiary/aromatic N) is 1. The molecule has 100 valence electrons. The Morgan fingerprint density at radius 2 is 2.00 bits per heavy atom. The Hall–Kier alpha value is -0.610. The van der Waals surface area contributed by atoms with Gasteiger partial charge in [-0.2, -0.15) is 0 Å². The summed E-state index contributed by atoms with van der Waals surface area (Å²) in [4.78, 5) is 14.2. The van der Waals surface area contributed by atoms with Crippen LogP contribution in [0.5, 0.6) is 0 Å². The molecule has 1 unspecified atom stereocenters. The maximum atomic E-state index is 12.2. The van der Waals surface area contributed by atoms with Gasteiger partial charge in [0, 0.05) is 26.2 Å². The van der Waals surface area contributed by atoms with Crippen molar-refractivity contribution in [2.24, 2.45) is 17.6 Å². The fourth-order valence-corrected chi connectivity index (χ4v) is 2.37. The van der Waals surface area contributed by atoms with E-state index in [9.17, 15) is 4.79 Å². The lowest BCUT2D eigenvalue weighted by Crippen LogP contribution is -2.46. The normalized spacial score (nSPS) is 19.7. The second-order valence-corrected chi connectivity index (χ2v) is 5.07. The number of carbonyl (C=O) groups excluding carboxylic acids is 1. The SMILES string of the molecule is CCOC1CCN(C(=O)C(CN)C(C)C)CC1. The molecule has 0 saturated carbocycles. The fraction of sp³-hybridized carbons (Fsp3) is 0.923. The molecule has 4 heteroatoms. The van der Waals surface area contributed by atoms with Gasteiger partial charge < -0.3 is 15.4 Å². The molecule has 0 aromatic rings. The highest BCUT2D eigenvalue weighted by molar-refractivity contribution is 5.79. The van der Waals surface area contributed by atoms with Gasteiger partial charge >= 0.3 is 0 Å². The third kappa shape index (κ3) is 3.96. The van der Waals surface area contributed by atoms with Crippen LogP contribution in [0.4, 0.5) is 0 Å². The molecule has 1 aliphatic rings. The molecule has 0 radical (unpaired) electrons. The summed E-state index contributed by atoms with van der Waals surface area (Å²) in [5, 5.41) is 0. The molecule has 1 fully saturated rings. The molecule has 1 rings (SSSR count). The van der Waals surface area contributed by atoms with Gasteiger partial charge in [-0.3, -0.25) is 4.79 Å². The molecule has 1 aliphatic heterocycles. The number of nitrogens with two attached hydrogens (primary N) is 1. The van der Waals surface area contributed by atoms with E-state index < -0.39 is 0 Å². The third-order valence-corrected chi connectivity index (χ3v) is 3.53. The van der Waals surface area contributed by atoms with E-state index in [0.717, 1.165) is 32.5 Å². The molecule has 0 bridgehead atoms. The topological polar surface area (TPSA) is 55.6 Å². The minimum atomic E-state index is -0.0290. The van der Waals surface area contributed by atoms with Crippen LogP contribution < -0.4 is 5.73 Å². The van der Waals surface area contributed by atoms with Crippen molar-refractivity contribution in [2.75, 3.05) is 26.2 Å². The first kappa shape index (κ1) is 14.5. The average Bonchev–Trinajstić information content (AvgIpc) is 2.30. The molecule has 17 heavy (non-hydrogen) atoms. The second-order valence-electron chi connectivity index (χ2n) is 5.07. The van der Waals surface area contributed by atoms with Crippen LogP contribution >= 0.6 is 0 Å². The molecule has 0 spiro atoms. The van der Waals surface area contributed by atoms with Gasteiger partial charge in [-0.25, -0.2) is 0 Å². The van der Waals surface area contributed by atoms with E-state index >= 15 is 0 Å². The van der Waals surface area contributed by atoms with Gasteiger partial charge in [0.1, 0.15) is 0 Å². The van der Waals surface area contributed by atoms with Crippen molar-refractivity contribution in [1.82, 2.24) is 4.90 Å². The average molecular weight is 242 g/mol. The zero-order chi connectivity index (χ0) is 12.8. The van der Waals surface area contributed by atoms with Crippen LogP contribution in [0, 0.1) is 11.8 Å². The fourth-order valence-electron chi connectivity index (χ4n) is 2.37. The molecule has 0 aromatic carbocycles. The number of rotatable bonds is 5. The highest BCUT2D eigenvalue weighted by Gasteiger charge is 2.29. The predicted octanol–water partition coefficient (Wildman–Crippen LogP) is 1.24. The van der Waals surface area contributed by atoms with Gasteiger partial charge in [-0.15, -0.1) is 0 Å². The third-order valence-electron chi connectivity index (χ3n) is 3.53. The van der Waals surface area contributed by atoms with Crippen LogP contribution in [0.15, 0.2) is 0 Å². The van der Waals surface area contributed by atoms with E-state index in [4.69, 9.17) is 10.5 Å². The van der Waals surface area contributed by atoms with E-state index in [-0.39, 0.29) is 11.8 Å². The standard InChI is InChI=1S/C13H26N2O2/c1-4-17-11-5-7-15(8-6-11)13(16)12(9-14)10(2)3/h10-12H,4-9,14H2,1-3H3. The zero-order valence-electron chi connectivity index (χ0n) is 11.3. The van der Waals surface area contributed by atoms with Gasteiger partial charge in [0.2, 0.25) is 5.91 Å². The predicted molar refractivity (Wildman–Crippen MR) is 68.6 cm³/mol. The summed E-state index contributed by atoms with van der Waals surface area (Å²) in [5.41, 5.74) is 5.68. The van der Waals surface area contributed by atoms with Crippen molar-refractivity contribution in [2.45, 2.75) is 39.7 Å². The Labute approximate surface area is 104 Å². The van der Waals surface area contributed by atoms with Crippen LogP contribution in [0.3, 0.4) is 0 Å². The number of hydrogen-bond acceptors (Lipinski definition) is 3. The Morgan fingerprint density at radius 3 is 2.41 bits per heavy atom. The largest absolute Gasteiger partial charge is 0.378 e. The summed E-state index contributed by atoms with van der Waals surface area (Å²) in [6.45, 7) is 8.96. The summed E-state index contributed by atoms with van der Waals surface area (Å²) < 4.78 is 5.58. The first-order chi connectivity index (χ1) is 8.10. The van der Waals surface area contributed by atoms with E-state index in [1.807, 2.05) is 11.8 Å². The van der Waals surface area contributed by atoms with E-state index in [0.29, 0.717) is 18.6 Å². The summed E-state index contributed by atoms with van der Waals surface area (Å²) in [6, 6.07) is 0. The van der Waals surface area contributed by atoms with Gasteiger partial charge in [-0.05, 0) is 25.7 Å². The van der Waals surface area contributed by atoms with Crippen molar-refractivity contribution in [1.29, 1.82) is 0 Å². The van der Waals surface area contributed by atoms with Crippen LogP contribution in [0.2, 0.25) is 0 Å². The summed E-state index contributed by atoms with van der Waals surface area (Å²) in [6.07, 6.45) is 2.24. The van der Waals surface area contributed by atoms with Crippen molar-refractivity contribution < 1.29 is 9.53 Å². The molecule has 1 amide bonds. The summed E-state index contributed by atoms with van der Waals surface area (Å²) in [7, 11) is 0. The maximum absolute atomic E-state index is 12.2. The smallest absolute Gasteiger partial charge is 0.227 e. The molecule has 2 N–H and O–H groups in total. The maximum Gasteiger partial charge on any atom is 0.227 e. The lowest BCUT2D eigenvalue weighted by Gasteiger charge is -2.34. The van der Waals surface area contributed by atoms with Gasteiger partial charge in [0.15, 0.2) is 0 Å². The molecule has 0 aliphatic carbocycles. The molecular weight excluding hydrogens is 216 g/mol. The second kappa shape index (κ2) is 6.97. The monoisotopic (exact) mass is 242 g/mol. The van der Waals surface area contributed by atoms with Crippen LogP contribution in [-0.4, -0.2) is 43.2 Å². The van der Waals surface area contributed by atoms with Crippen molar-refractivity contribution >= 4 is 5.91 Å². The van der Waals surface area contributed by atoms with Crippen molar-refractivity contribution in [3.8, 4) is 0 Å². The van der Waals surface area contributed by atoms with Crippen molar-refractivity contribution in [3.63, 3.8) is 0 Å². The minimum absolute atomic E-state index is 0.0290. The minimum Gasteiger partial charge on any atom is -0.378 e. The first-order valence-electron chi connectivity index (χ1n) is 6.70. The Kier molecular flexibility index (Phi) is 5.92. The number of likely N-dealkylation sites (tertiary alicyclic amines) is 1. The number of piperidine rings is 1. The molecular formula is C13H26N2O2. The number of carbonyl (C=O) groups is 1. The first-order valence-corrected chi connectivity index (χ1v) is 6.70. The number of amides is 1. The van der Waals surface area contributed by atoms with E-state index in [1.165, 1.54) is 0 Å². The molecule has 0 aromatic heterocycles. The highest BCUT2D eigenvalue weighted by atomic mass is 16.5.